The molecule has 2 amide bonds. The average Bonchev–Trinajstić information content (AvgIpc) is 2.68. The van der Waals surface area contributed by atoms with Crippen molar-refractivity contribution in [2.45, 2.75) is 6.92 Å². The molecule has 2 aromatic rings. The molecule has 0 saturated carbocycles. The Hall–Kier alpha value is -3.02. The van der Waals surface area contributed by atoms with Crippen molar-refractivity contribution in [3.8, 4) is 11.5 Å². The second-order valence-electron chi connectivity index (χ2n) is 6.14. The number of methoxy groups -OCH3 is 1. The number of hydrogen-bond donors (Lipinski definition) is 0. The maximum atomic E-state index is 12.7. The molecule has 0 radical (unpaired) electrons. The van der Waals surface area contributed by atoms with E-state index in [0.29, 0.717) is 37.5 Å². The van der Waals surface area contributed by atoms with E-state index >= 15 is 0 Å². The predicted octanol–water partition coefficient (Wildman–Crippen LogP) is 2.96. The van der Waals surface area contributed by atoms with Crippen molar-refractivity contribution < 1.29 is 19.1 Å². The normalized spacial score (nSPS) is 14.1. The summed E-state index contributed by atoms with van der Waals surface area (Å²) in [5.41, 5.74) is 1.55. The number of aryl methyl sites for hydroxylation is 1. The molecule has 0 atom stereocenters. The van der Waals surface area contributed by atoms with Gasteiger partial charge in [-0.25, -0.2) is 4.79 Å². The maximum Gasteiger partial charge on any atom is 0.415 e. The van der Waals surface area contributed by atoms with Crippen molar-refractivity contribution in [2.24, 2.45) is 0 Å². The molecule has 1 fully saturated rings. The molecule has 3 rings (SSSR count). The van der Waals surface area contributed by atoms with Crippen molar-refractivity contribution >= 4 is 12.0 Å². The van der Waals surface area contributed by atoms with Crippen LogP contribution in [0, 0.1) is 6.92 Å². The fraction of sp³-hybridized carbons (Fsp3) is 0.300. The summed E-state index contributed by atoms with van der Waals surface area (Å²) in [6.45, 7) is 3.77. The van der Waals surface area contributed by atoms with Gasteiger partial charge in [0.2, 0.25) is 0 Å². The van der Waals surface area contributed by atoms with Crippen LogP contribution in [-0.2, 0) is 0 Å². The zero-order valence-electron chi connectivity index (χ0n) is 15.0. The molecule has 0 unspecified atom stereocenters. The summed E-state index contributed by atoms with van der Waals surface area (Å²) < 4.78 is 10.6. The average molecular weight is 354 g/mol. The van der Waals surface area contributed by atoms with E-state index < -0.39 is 0 Å². The first-order valence-corrected chi connectivity index (χ1v) is 8.54. The van der Waals surface area contributed by atoms with E-state index in [1.165, 1.54) is 0 Å². The molecule has 0 bridgehead atoms. The van der Waals surface area contributed by atoms with Crippen molar-refractivity contribution in [2.75, 3.05) is 33.3 Å². The number of piperazine rings is 1. The van der Waals surface area contributed by atoms with Gasteiger partial charge in [0, 0.05) is 31.7 Å². The molecule has 2 aromatic carbocycles. The van der Waals surface area contributed by atoms with Gasteiger partial charge in [0.25, 0.3) is 5.91 Å². The van der Waals surface area contributed by atoms with Gasteiger partial charge < -0.3 is 19.3 Å². The third-order valence-electron chi connectivity index (χ3n) is 4.42. The molecule has 0 spiro atoms. The smallest absolute Gasteiger partial charge is 0.415 e. The second kappa shape index (κ2) is 7.91. The first-order chi connectivity index (χ1) is 12.6. The number of amides is 2. The van der Waals surface area contributed by atoms with E-state index in [4.69, 9.17) is 9.47 Å². The highest BCUT2D eigenvalue weighted by Crippen LogP contribution is 2.20. The van der Waals surface area contributed by atoms with Gasteiger partial charge in [0.05, 0.1) is 7.11 Å². The molecule has 1 aliphatic heterocycles. The van der Waals surface area contributed by atoms with Crippen LogP contribution in [0.25, 0.3) is 0 Å². The van der Waals surface area contributed by atoms with Gasteiger partial charge in [-0.1, -0.05) is 18.2 Å². The lowest BCUT2D eigenvalue weighted by Crippen LogP contribution is -2.51. The fourth-order valence-electron chi connectivity index (χ4n) is 2.94. The quantitative estimate of drug-likeness (QED) is 0.850. The summed E-state index contributed by atoms with van der Waals surface area (Å²) in [5.74, 6) is 1.24. The Morgan fingerprint density at radius 1 is 0.923 bits per heavy atom. The molecule has 1 saturated heterocycles. The number of hydrogen-bond acceptors (Lipinski definition) is 4. The van der Waals surface area contributed by atoms with Crippen molar-refractivity contribution in [3.05, 3.63) is 59.7 Å². The van der Waals surface area contributed by atoms with Crippen molar-refractivity contribution in [3.63, 3.8) is 0 Å². The summed E-state index contributed by atoms with van der Waals surface area (Å²) >= 11 is 0. The molecule has 0 aromatic heterocycles. The number of carbonyl (C=O) groups is 2. The lowest BCUT2D eigenvalue weighted by Gasteiger charge is -2.34. The highest BCUT2D eigenvalue weighted by molar-refractivity contribution is 5.94. The first-order valence-electron chi connectivity index (χ1n) is 8.54. The van der Waals surface area contributed by atoms with Gasteiger partial charge in [-0.15, -0.1) is 0 Å². The first kappa shape index (κ1) is 17.8. The zero-order valence-corrected chi connectivity index (χ0v) is 15.0. The van der Waals surface area contributed by atoms with E-state index in [9.17, 15) is 9.59 Å². The van der Waals surface area contributed by atoms with E-state index in [1.807, 2.05) is 31.2 Å². The third-order valence-corrected chi connectivity index (χ3v) is 4.42. The zero-order chi connectivity index (χ0) is 18.5. The van der Waals surface area contributed by atoms with E-state index in [0.717, 1.165) is 11.3 Å². The molecule has 6 nitrogen and oxygen atoms in total. The lowest BCUT2D eigenvalue weighted by atomic mass is 10.1. The van der Waals surface area contributed by atoms with Gasteiger partial charge in [0.15, 0.2) is 0 Å². The summed E-state index contributed by atoms with van der Waals surface area (Å²) in [5, 5.41) is 0. The molecule has 1 aliphatic rings. The minimum atomic E-state index is -0.386. The van der Waals surface area contributed by atoms with Crippen LogP contribution in [0.1, 0.15) is 15.9 Å². The van der Waals surface area contributed by atoms with Crippen molar-refractivity contribution in [1.29, 1.82) is 0 Å². The van der Waals surface area contributed by atoms with Crippen molar-refractivity contribution in [1.82, 2.24) is 9.80 Å². The van der Waals surface area contributed by atoms with Crippen LogP contribution in [0.15, 0.2) is 48.5 Å². The summed E-state index contributed by atoms with van der Waals surface area (Å²) in [6.07, 6.45) is -0.386. The van der Waals surface area contributed by atoms with Gasteiger partial charge in [-0.05, 0) is 42.8 Å². The van der Waals surface area contributed by atoms with Gasteiger partial charge >= 0.3 is 6.09 Å². The molecule has 6 heteroatoms. The van der Waals surface area contributed by atoms with E-state index in [2.05, 4.69) is 0 Å². The number of nitrogens with zero attached hydrogens (tertiary/aromatic N) is 2. The standard InChI is InChI=1S/C20H22N2O4/c1-15-14-16(8-9-18(15)25-2)19(23)21-10-12-22(13-11-21)20(24)26-17-6-4-3-5-7-17/h3-9,14H,10-13H2,1-2H3. The highest BCUT2D eigenvalue weighted by Gasteiger charge is 2.26. The Bertz CT molecular complexity index is 784. The summed E-state index contributed by atoms with van der Waals surface area (Å²) in [4.78, 5) is 28.3. The largest absolute Gasteiger partial charge is 0.496 e. The summed E-state index contributed by atoms with van der Waals surface area (Å²) in [6, 6.07) is 14.4. The molecule has 1 heterocycles. The second-order valence-corrected chi connectivity index (χ2v) is 6.14. The highest BCUT2D eigenvalue weighted by atomic mass is 16.6. The Morgan fingerprint density at radius 3 is 2.19 bits per heavy atom. The van der Waals surface area contributed by atoms with Crippen LogP contribution < -0.4 is 9.47 Å². The number of para-hydroxylation sites is 1. The van der Waals surface area contributed by atoms with Gasteiger partial charge in [0.1, 0.15) is 11.5 Å². The molecule has 0 aliphatic carbocycles. The topological polar surface area (TPSA) is 59.1 Å². The predicted molar refractivity (Wildman–Crippen MR) is 97.7 cm³/mol. The molecule has 0 N–H and O–H groups in total. The van der Waals surface area contributed by atoms with E-state index in [1.54, 1.807) is 41.2 Å². The lowest BCUT2D eigenvalue weighted by molar-refractivity contribution is 0.0633. The van der Waals surface area contributed by atoms with Crippen LogP contribution in [0.2, 0.25) is 0 Å². The minimum Gasteiger partial charge on any atom is -0.496 e. The van der Waals surface area contributed by atoms with Gasteiger partial charge in [-0.3, -0.25) is 4.79 Å². The minimum absolute atomic E-state index is 0.0353. The van der Waals surface area contributed by atoms with Crippen LogP contribution in [0.3, 0.4) is 0 Å². The number of carbonyl (C=O) groups excluding carboxylic acids is 2. The number of benzene rings is 2. The third kappa shape index (κ3) is 3.96. The fourth-order valence-corrected chi connectivity index (χ4v) is 2.94. The Balaban J connectivity index is 1.57. The van der Waals surface area contributed by atoms with Gasteiger partial charge in [-0.2, -0.15) is 0 Å². The molecular formula is C20H22N2O4. The number of rotatable bonds is 3. The van der Waals surface area contributed by atoms with Crippen LogP contribution in [0.5, 0.6) is 11.5 Å². The van der Waals surface area contributed by atoms with Crippen LogP contribution in [-0.4, -0.2) is 55.1 Å². The number of ether oxygens (including phenoxy) is 2. The molecule has 26 heavy (non-hydrogen) atoms. The molecular weight excluding hydrogens is 332 g/mol. The summed E-state index contributed by atoms with van der Waals surface area (Å²) in [7, 11) is 1.61. The maximum absolute atomic E-state index is 12.7. The Morgan fingerprint density at radius 2 is 1.58 bits per heavy atom. The Kier molecular flexibility index (Phi) is 5.41. The van der Waals surface area contributed by atoms with Crippen LogP contribution >= 0.6 is 0 Å². The van der Waals surface area contributed by atoms with Crippen LogP contribution in [0.4, 0.5) is 4.79 Å². The van der Waals surface area contributed by atoms with E-state index in [-0.39, 0.29) is 12.0 Å². The SMILES string of the molecule is COc1ccc(C(=O)N2CCN(C(=O)Oc3ccccc3)CC2)cc1C. The Labute approximate surface area is 152 Å². The monoisotopic (exact) mass is 354 g/mol. The molecule has 136 valence electrons.